The second-order valence-electron chi connectivity index (χ2n) is 6.10. The van der Waals surface area contributed by atoms with Crippen LogP contribution in [0.5, 0.6) is 0 Å². The SMILES string of the molecule is COCCN(CC1CCCN1)C(C)CCC(C)C. The largest absolute Gasteiger partial charge is 0.383 e. The van der Waals surface area contributed by atoms with E-state index >= 15 is 0 Å². The number of ether oxygens (including phenoxy) is 1. The number of nitrogens with zero attached hydrogens (tertiary/aromatic N) is 1. The van der Waals surface area contributed by atoms with Crippen molar-refractivity contribution in [1.29, 1.82) is 0 Å². The summed E-state index contributed by atoms with van der Waals surface area (Å²) < 4.78 is 5.25. The Morgan fingerprint density at radius 1 is 1.28 bits per heavy atom. The molecule has 1 aliphatic heterocycles. The molecular weight excluding hydrogens is 224 g/mol. The minimum absolute atomic E-state index is 0.671. The molecule has 108 valence electrons. The van der Waals surface area contributed by atoms with Crippen LogP contribution in [0.3, 0.4) is 0 Å². The van der Waals surface area contributed by atoms with Gasteiger partial charge in [-0.1, -0.05) is 13.8 Å². The molecule has 2 atom stereocenters. The van der Waals surface area contributed by atoms with Crippen molar-refractivity contribution >= 4 is 0 Å². The zero-order valence-corrected chi connectivity index (χ0v) is 12.7. The lowest BCUT2D eigenvalue weighted by Gasteiger charge is -2.31. The van der Waals surface area contributed by atoms with Gasteiger partial charge in [0.25, 0.3) is 0 Å². The summed E-state index contributed by atoms with van der Waals surface area (Å²) in [6.07, 6.45) is 5.29. The van der Waals surface area contributed by atoms with Crippen LogP contribution < -0.4 is 5.32 Å². The van der Waals surface area contributed by atoms with Crippen molar-refractivity contribution in [2.45, 2.75) is 58.5 Å². The number of nitrogens with one attached hydrogen (secondary N) is 1. The van der Waals surface area contributed by atoms with Crippen molar-refractivity contribution < 1.29 is 4.74 Å². The van der Waals surface area contributed by atoms with Gasteiger partial charge >= 0.3 is 0 Å². The van der Waals surface area contributed by atoms with Crippen LogP contribution in [0.4, 0.5) is 0 Å². The Labute approximate surface area is 113 Å². The van der Waals surface area contributed by atoms with Gasteiger partial charge in [0.15, 0.2) is 0 Å². The zero-order valence-electron chi connectivity index (χ0n) is 12.7. The highest BCUT2D eigenvalue weighted by Gasteiger charge is 2.21. The summed E-state index contributed by atoms with van der Waals surface area (Å²) >= 11 is 0. The summed E-state index contributed by atoms with van der Waals surface area (Å²) in [6.45, 7) is 11.3. The lowest BCUT2D eigenvalue weighted by atomic mass is 10.0. The molecule has 1 heterocycles. The molecule has 3 heteroatoms. The first-order valence-electron chi connectivity index (χ1n) is 7.59. The quantitative estimate of drug-likeness (QED) is 0.686. The van der Waals surface area contributed by atoms with Crippen LogP contribution in [0.1, 0.15) is 46.5 Å². The molecule has 0 aromatic carbocycles. The van der Waals surface area contributed by atoms with E-state index in [1.165, 1.54) is 38.8 Å². The molecule has 18 heavy (non-hydrogen) atoms. The van der Waals surface area contributed by atoms with E-state index in [9.17, 15) is 0 Å². The van der Waals surface area contributed by atoms with Crippen molar-refractivity contribution in [2.75, 3.05) is 33.4 Å². The standard InChI is InChI=1S/C15H32N2O/c1-13(2)7-8-14(3)17(10-11-18-4)12-15-6-5-9-16-15/h13-16H,5-12H2,1-4H3. The fourth-order valence-corrected chi connectivity index (χ4v) is 2.65. The van der Waals surface area contributed by atoms with E-state index in [-0.39, 0.29) is 0 Å². The van der Waals surface area contributed by atoms with Gasteiger partial charge in [-0.3, -0.25) is 4.90 Å². The highest BCUT2D eigenvalue weighted by Crippen LogP contribution is 2.14. The van der Waals surface area contributed by atoms with E-state index in [0.29, 0.717) is 12.1 Å². The van der Waals surface area contributed by atoms with Crippen molar-refractivity contribution in [3.8, 4) is 0 Å². The summed E-state index contributed by atoms with van der Waals surface area (Å²) in [5.74, 6) is 0.807. The smallest absolute Gasteiger partial charge is 0.0589 e. The Morgan fingerprint density at radius 3 is 2.61 bits per heavy atom. The Morgan fingerprint density at radius 2 is 2.06 bits per heavy atom. The maximum Gasteiger partial charge on any atom is 0.0589 e. The van der Waals surface area contributed by atoms with Gasteiger partial charge in [-0.05, 0) is 45.1 Å². The van der Waals surface area contributed by atoms with E-state index in [1.54, 1.807) is 7.11 Å². The van der Waals surface area contributed by atoms with Crippen LogP contribution in [-0.4, -0.2) is 50.3 Å². The van der Waals surface area contributed by atoms with Crippen LogP contribution in [0, 0.1) is 5.92 Å². The molecule has 1 fully saturated rings. The number of rotatable bonds is 9. The van der Waals surface area contributed by atoms with Crippen LogP contribution in [-0.2, 0) is 4.74 Å². The number of methoxy groups -OCH3 is 1. The van der Waals surface area contributed by atoms with E-state index in [1.807, 2.05) is 0 Å². The Kier molecular flexibility index (Phi) is 7.87. The van der Waals surface area contributed by atoms with Gasteiger partial charge in [0.1, 0.15) is 0 Å². The number of hydrogen-bond acceptors (Lipinski definition) is 3. The molecule has 0 spiro atoms. The third kappa shape index (κ3) is 6.17. The highest BCUT2D eigenvalue weighted by molar-refractivity contribution is 4.80. The summed E-state index contributed by atoms with van der Waals surface area (Å²) in [5.41, 5.74) is 0. The summed E-state index contributed by atoms with van der Waals surface area (Å²) in [4.78, 5) is 2.61. The first-order chi connectivity index (χ1) is 8.63. The van der Waals surface area contributed by atoms with Crippen LogP contribution >= 0.6 is 0 Å². The van der Waals surface area contributed by atoms with Crippen molar-refractivity contribution in [3.05, 3.63) is 0 Å². The fourth-order valence-electron chi connectivity index (χ4n) is 2.65. The van der Waals surface area contributed by atoms with Gasteiger partial charge in [0, 0.05) is 32.3 Å². The van der Waals surface area contributed by atoms with Crippen molar-refractivity contribution in [3.63, 3.8) is 0 Å². The molecule has 0 radical (unpaired) electrons. The van der Waals surface area contributed by atoms with E-state index < -0.39 is 0 Å². The lowest BCUT2D eigenvalue weighted by molar-refractivity contribution is 0.112. The summed E-state index contributed by atoms with van der Waals surface area (Å²) in [6, 6.07) is 1.37. The van der Waals surface area contributed by atoms with Crippen molar-refractivity contribution in [2.24, 2.45) is 5.92 Å². The van der Waals surface area contributed by atoms with E-state index in [4.69, 9.17) is 4.74 Å². The first kappa shape index (κ1) is 15.9. The predicted molar refractivity (Wildman–Crippen MR) is 78.0 cm³/mol. The van der Waals surface area contributed by atoms with Gasteiger partial charge in [-0.25, -0.2) is 0 Å². The molecule has 0 aliphatic carbocycles. The minimum atomic E-state index is 0.671. The molecule has 1 aliphatic rings. The zero-order chi connectivity index (χ0) is 13.4. The molecule has 3 nitrogen and oxygen atoms in total. The summed E-state index contributed by atoms with van der Waals surface area (Å²) in [7, 11) is 1.80. The lowest BCUT2D eigenvalue weighted by Crippen LogP contribution is -2.43. The van der Waals surface area contributed by atoms with E-state index in [0.717, 1.165) is 19.1 Å². The third-order valence-electron chi connectivity index (χ3n) is 3.99. The molecule has 0 amide bonds. The molecule has 0 saturated carbocycles. The van der Waals surface area contributed by atoms with Gasteiger partial charge in [0.2, 0.25) is 0 Å². The van der Waals surface area contributed by atoms with Gasteiger partial charge < -0.3 is 10.1 Å². The average Bonchev–Trinajstić information content (AvgIpc) is 2.84. The molecule has 0 aromatic rings. The third-order valence-corrected chi connectivity index (χ3v) is 3.99. The fraction of sp³-hybridized carbons (Fsp3) is 1.00. The van der Waals surface area contributed by atoms with Gasteiger partial charge in [-0.2, -0.15) is 0 Å². The van der Waals surface area contributed by atoms with Crippen LogP contribution in [0.25, 0.3) is 0 Å². The van der Waals surface area contributed by atoms with Crippen LogP contribution in [0.15, 0.2) is 0 Å². The molecular formula is C15H32N2O. The molecule has 2 unspecified atom stereocenters. The Hall–Kier alpha value is -0.120. The molecule has 1 N–H and O–H groups in total. The monoisotopic (exact) mass is 256 g/mol. The van der Waals surface area contributed by atoms with Crippen molar-refractivity contribution in [1.82, 2.24) is 10.2 Å². The average molecular weight is 256 g/mol. The summed E-state index contributed by atoms with van der Waals surface area (Å²) in [5, 5.41) is 3.60. The molecule has 1 saturated heterocycles. The minimum Gasteiger partial charge on any atom is -0.383 e. The van der Waals surface area contributed by atoms with E-state index in [2.05, 4.69) is 31.0 Å². The first-order valence-corrected chi connectivity index (χ1v) is 7.59. The van der Waals surface area contributed by atoms with Gasteiger partial charge in [-0.15, -0.1) is 0 Å². The normalized spacial score (nSPS) is 22.0. The topological polar surface area (TPSA) is 24.5 Å². The van der Waals surface area contributed by atoms with Gasteiger partial charge in [0.05, 0.1) is 6.61 Å². The predicted octanol–water partition coefficient (Wildman–Crippen LogP) is 2.51. The highest BCUT2D eigenvalue weighted by atomic mass is 16.5. The molecule has 0 aromatic heterocycles. The maximum atomic E-state index is 5.25. The number of hydrogen-bond donors (Lipinski definition) is 1. The molecule has 1 rings (SSSR count). The van der Waals surface area contributed by atoms with Crippen LogP contribution in [0.2, 0.25) is 0 Å². The second kappa shape index (κ2) is 8.89. The second-order valence-corrected chi connectivity index (χ2v) is 6.10. The molecule has 0 bridgehead atoms. The maximum absolute atomic E-state index is 5.25. The Bertz CT molecular complexity index is 203. The Balaban J connectivity index is 2.36.